The van der Waals surface area contributed by atoms with Crippen molar-refractivity contribution in [2.75, 3.05) is 6.61 Å². The summed E-state index contributed by atoms with van der Waals surface area (Å²) < 4.78 is 5.74. The number of aliphatic hydroxyl groups excluding tert-OH is 1. The van der Waals surface area contributed by atoms with E-state index in [1.807, 2.05) is 37.3 Å². The molecule has 2 aromatic rings. The third kappa shape index (κ3) is 3.84. The van der Waals surface area contributed by atoms with Gasteiger partial charge in [-0.25, -0.2) is 0 Å². The van der Waals surface area contributed by atoms with E-state index in [2.05, 4.69) is 16.8 Å². The van der Waals surface area contributed by atoms with E-state index in [0.717, 1.165) is 22.4 Å². The predicted molar refractivity (Wildman–Crippen MR) is 73.7 cm³/mol. The first-order valence-corrected chi connectivity index (χ1v) is 6.01. The normalized spacial score (nSPS) is 9.58. The molecule has 3 nitrogen and oxygen atoms in total. The highest BCUT2D eigenvalue weighted by molar-refractivity contribution is 5.43. The van der Waals surface area contributed by atoms with E-state index in [4.69, 9.17) is 9.84 Å². The van der Waals surface area contributed by atoms with Crippen LogP contribution in [0.1, 0.15) is 16.7 Å². The van der Waals surface area contributed by atoms with Gasteiger partial charge < -0.3 is 9.84 Å². The van der Waals surface area contributed by atoms with Crippen molar-refractivity contribution in [3.05, 3.63) is 59.4 Å². The molecule has 96 valence electrons. The van der Waals surface area contributed by atoms with Gasteiger partial charge in [-0.2, -0.15) is 0 Å². The molecule has 0 atom stereocenters. The van der Waals surface area contributed by atoms with E-state index in [1.165, 1.54) is 0 Å². The number of hydrogen-bond donors (Lipinski definition) is 1. The average molecular weight is 253 g/mol. The zero-order chi connectivity index (χ0) is 13.5. The van der Waals surface area contributed by atoms with Gasteiger partial charge in [0.1, 0.15) is 19.0 Å². The van der Waals surface area contributed by atoms with Crippen molar-refractivity contribution in [2.24, 2.45) is 0 Å². The summed E-state index contributed by atoms with van der Waals surface area (Å²) in [6.07, 6.45) is 3.53. The largest absolute Gasteiger partial charge is 0.489 e. The van der Waals surface area contributed by atoms with Gasteiger partial charge in [0, 0.05) is 23.5 Å². The van der Waals surface area contributed by atoms with E-state index in [-0.39, 0.29) is 6.61 Å². The molecule has 0 radical (unpaired) electrons. The number of benzene rings is 1. The summed E-state index contributed by atoms with van der Waals surface area (Å²) in [7, 11) is 0. The van der Waals surface area contributed by atoms with Crippen molar-refractivity contribution >= 4 is 0 Å². The fraction of sp³-hybridized carbons (Fsp3) is 0.188. The molecule has 0 saturated carbocycles. The molecule has 1 N–H and O–H groups in total. The quantitative estimate of drug-likeness (QED) is 0.854. The second-order valence-electron chi connectivity index (χ2n) is 4.09. The maximum Gasteiger partial charge on any atom is 0.122 e. The van der Waals surface area contributed by atoms with Crippen molar-refractivity contribution in [1.29, 1.82) is 0 Å². The van der Waals surface area contributed by atoms with E-state index in [0.29, 0.717) is 6.61 Å². The summed E-state index contributed by atoms with van der Waals surface area (Å²) in [6.45, 7) is 2.34. The highest BCUT2D eigenvalue weighted by atomic mass is 16.5. The lowest BCUT2D eigenvalue weighted by molar-refractivity contribution is 0.303. The molecule has 0 spiro atoms. The first-order valence-electron chi connectivity index (χ1n) is 6.01. The Balaban J connectivity index is 2.05. The molecule has 0 unspecified atom stereocenters. The third-order valence-electron chi connectivity index (χ3n) is 2.60. The Hall–Kier alpha value is -2.31. The Labute approximate surface area is 112 Å². The Morgan fingerprint density at radius 1 is 1.32 bits per heavy atom. The standard InChI is InChI=1S/C16H15NO2/c1-13-10-14(5-3-9-18)6-7-16(13)19-12-15-4-2-8-17-11-15/h2,4,6-8,10-11,18H,9,12H2,1H3. The van der Waals surface area contributed by atoms with Crippen LogP contribution in [-0.2, 0) is 6.61 Å². The van der Waals surface area contributed by atoms with Crippen LogP contribution in [0.15, 0.2) is 42.7 Å². The number of aliphatic hydroxyl groups is 1. The maximum atomic E-state index is 8.66. The number of aromatic nitrogens is 1. The van der Waals surface area contributed by atoms with Gasteiger partial charge >= 0.3 is 0 Å². The number of pyridine rings is 1. The number of nitrogens with zero attached hydrogens (tertiary/aromatic N) is 1. The minimum absolute atomic E-state index is 0.127. The van der Waals surface area contributed by atoms with Crippen LogP contribution in [0, 0.1) is 18.8 Å². The smallest absolute Gasteiger partial charge is 0.122 e. The molecule has 0 amide bonds. The molecular weight excluding hydrogens is 238 g/mol. The molecule has 0 saturated heterocycles. The molecule has 3 heteroatoms. The van der Waals surface area contributed by atoms with E-state index < -0.39 is 0 Å². The van der Waals surface area contributed by atoms with Gasteiger partial charge in [-0.15, -0.1) is 0 Å². The van der Waals surface area contributed by atoms with Crippen LogP contribution in [-0.4, -0.2) is 16.7 Å². The molecule has 0 bridgehead atoms. The number of ether oxygens (including phenoxy) is 1. The molecule has 19 heavy (non-hydrogen) atoms. The predicted octanol–water partition coefficient (Wildman–Crippen LogP) is 2.31. The van der Waals surface area contributed by atoms with Crippen molar-refractivity contribution < 1.29 is 9.84 Å². The van der Waals surface area contributed by atoms with Crippen LogP contribution in [0.2, 0.25) is 0 Å². The van der Waals surface area contributed by atoms with Crippen LogP contribution in [0.5, 0.6) is 5.75 Å². The van der Waals surface area contributed by atoms with Crippen LogP contribution >= 0.6 is 0 Å². The average Bonchev–Trinajstić information content (AvgIpc) is 2.45. The molecule has 0 aliphatic heterocycles. The lowest BCUT2D eigenvalue weighted by atomic mass is 10.1. The highest BCUT2D eigenvalue weighted by Gasteiger charge is 2.01. The first kappa shape index (κ1) is 13.1. The fourth-order valence-corrected chi connectivity index (χ4v) is 1.68. The van der Waals surface area contributed by atoms with Gasteiger partial charge in [-0.1, -0.05) is 17.9 Å². The zero-order valence-corrected chi connectivity index (χ0v) is 10.8. The summed E-state index contributed by atoms with van der Waals surface area (Å²) in [5.41, 5.74) is 2.93. The summed E-state index contributed by atoms with van der Waals surface area (Å²) >= 11 is 0. The Morgan fingerprint density at radius 3 is 2.89 bits per heavy atom. The van der Waals surface area contributed by atoms with Gasteiger partial charge in [-0.3, -0.25) is 4.98 Å². The summed E-state index contributed by atoms with van der Waals surface area (Å²) in [5, 5.41) is 8.66. The van der Waals surface area contributed by atoms with Gasteiger partial charge in [0.25, 0.3) is 0 Å². The first-order chi connectivity index (χ1) is 9.29. The molecule has 0 aliphatic carbocycles. The van der Waals surface area contributed by atoms with Gasteiger partial charge in [0.2, 0.25) is 0 Å². The second-order valence-corrected chi connectivity index (χ2v) is 4.09. The Morgan fingerprint density at radius 2 is 2.21 bits per heavy atom. The Kier molecular flexibility index (Phi) is 4.54. The number of rotatable bonds is 3. The maximum absolute atomic E-state index is 8.66. The van der Waals surface area contributed by atoms with Crippen molar-refractivity contribution in [1.82, 2.24) is 4.98 Å². The molecule has 0 fully saturated rings. The second kappa shape index (κ2) is 6.58. The minimum atomic E-state index is -0.127. The topological polar surface area (TPSA) is 42.4 Å². The summed E-state index contributed by atoms with van der Waals surface area (Å²) in [5.74, 6) is 6.33. The van der Waals surface area contributed by atoms with Crippen molar-refractivity contribution in [2.45, 2.75) is 13.5 Å². The van der Waals surface area contributed by atoms with E-state index >= 15 is 0 Å². The van der Waals surface area contributed by atoms with Gasteiger partial charge in [0.15, 0.2) is 0 Å². The van der Waals surface area contributed by atoms with E-state index in [1.54, 1.807) is 12.4 Å². The van der Waals surface area contributed by atoms with Crippen LogP contribution < -0.4 is 4.74 Å². The summed E-state index contributed by atoms with van der Waals surface area (Å²) in [4.78, 5) is 4.05. The van der Waals surface area contributed by atoms with Gasteiger partial charge in [-0.05, 0) is 36.8 Å². The van der Waals surface area contributed by atoms with Gasteiger partial charge in [0.05, 0.1) is 0 Å². The van der Waals surface area contributed by atoms with Crippen molar-refractivity contribution in [3.8, 4) is 17.6 Å². The van der Waals surface area contributed by atoms with E-state index in [9.17, 15) is 0 Å². The highest BCUT2D eigenvalue weighted by Crippen LogP contribution is 2.19. The summed E-state index contributed by atoms with van der Waals surface area (Å²) in [6, 6.07) is 9.59. The molecule has 1 aromatic carbocycles. The fourth-order valence-electron chi connectivity index (χ4n) is 1.68. The van der Waals surface area contributed by atoms with Crippen LogP contribution in [0.3, 0.4) is 0 Å². The third-order valence-corrected chi connectivity index (χ3v) is 2.60. The number of hydrogen-bond acceptors (Lipinski definition) is 3. The molecular formula is C16H15NO2. The van der Waals surface area contributed by atoms with Crippen molar-refractivity contribution in [3.63, 3.8) is 0 Å². The molecule has 2 rings (SSSR count). The lowest BCUT2D eigenvalue weighted by Gasteiger charge is -2.09. The molecule has 0 aliphatic rings. The Bertz CT molecular complexity index is 597. The minimum Gasteiger partial charge on any atom is -0.489 e. The monoisotopic (exact) mass is 253 g/mol. The SMILES string of the molecule is Cc1cc(C#CCO)ccc1OCc1cccnc1. The molecule has 1 heterocycles. The lowest BCUT2D eigenvalue weighted by Crippen LogP contribution is -1.97. The van der Waals surface area contributed by atoms with Crippen LogP contribution in [0.4, 0.5) is 0 Å². The molecule has 1 aromatic heterocycles. The van der Waals surface area contributed by atoms with Crippen LogP contribution in [0.25, 0.3) is 0 Å². The number of aryl methyl sites for hydroxylation is 1. The zero-order valence-electron chi connectivity index (χ0n) is 10.8.